The molecule has 5 nitrogen and oxygen atoms in total. The highest BCUT2D eigenvalue weighted by Crippen LogP contribution is 2.09. The van der Waals surface area contributed by atoms with Crippen molar-refractivity contribution in [2.75, 3.05) is 34.3 Å². The molecular weight excluding hydrogens is 194 g/mol. The van der Waals surface area contributed by atoms with Crippen LogP contribution in [0.2, 0.25) is 0 Å². The van der Waals surface area contributed by atoms with E-state index in [0.29, 0.717) is 19.2 Å². The number of nitrogens with zero attached hydrogens (tertiary/aromatic N) is 2. The average molecular weight is 213 g/mol. The van der Waals surface area contributed by atoms with Crippen LogP contribution in [0.3, 0.4) is 0 Å². The number of oxazole rings is 1. The van der Waals surface area contributed by atoms with Gasteiger partial charge in [-0.05, 0) is 27.6 Å². The molecule has 1 heterocycles. The van der Waals surface area contributed by atoms with E-state index in [-0.39, 0.29) is 0 Å². The Morgan fingerprint density at radius 1 is 1.53 bits per heavy atom. The van der Waals surface area contributed by atoms with Gasteiger partial charge >= 0.3 is 6.08 Å². The van der Waals surface area contributed by atoms with Crippen molar-refractivity contribution < 1.29 is 9.15 Å². The Balaban J connectivity index is 2.19. The minimum Gasteiger partial charge on any atom is -0.450 e. The van der Waals surface area contributed by atoms with Gasteiger partial charge in [-0.3, -0.25) is 0 Å². The fourth-order valence-corrected chi connectivity index (χ4v) is 1.16. The number of ether oxygens (including phenoxy) is 1. The first-order chi connectivity index (χ1) is 7.22. The first kappa shape index (κ1) is 12.0. The average Bonchev–Trinajstić information content (AvgIpc) is 2.61. The van der Waals surface area contributed by atoms with Crippen molar-refractivity contribution in [2.24, 2.45) is 0 Å². The van der Waals surface area contributed by atoms with Gasteiger partial charge in [-0.25, -0.2) is 0 Å². The Bertz CT molecular complexity index is 273. The van der Waals surface area contributed by atoms with Crippen LogP contribution in [0.5, 0.6) is 6.08 Å². The topological polar surface area (TPSA) is 50.5 Å². The standard InChI is InChI=1S/C10H19N3O2/c1-11-7-9-8-15-10(12-9)14-6-4-5-13(2)3/h8,11H,4-7H2,1-3H3. The molecule has 0 saturated heterocycles. The lowest BCUT2D eigenvalue weighted by molar-refractivity contribution is 0.215. The Morgan fingerprint density at radius 3 is 3.00 bits per heavy atom. The van der Waals surface area contributed by atoms with Gasteiger partial charge < -0.3 is 19.4 Å². The number of aromatic nitrogens is 1. The fraction of sp³-hybridized carbons (Fsp3) is 0.700. The van der Waals surface area contributed by atoms with E-state index in [4.69, 9.17) is 9.15 Å². The van der Waals surface area contributed by atoms with Crippen LogP contribution in [0.15, 0.2) is 10.7 Å². The zero-order valence-electron chi connectivity index (χ0n) is 9.62. The van der Waals surface area contributed by atoms with E-state index in [2.05, 4.69) is 15.2 Å². The van der Waals surface area contributed by atoms with Gasteiger partial charge in [0.1, 0.15) is 6.26 Å². The highest BCUT2D eigenvalue weighted by Gasteiger charge is 2.03. The molecule has 0 bridgehead atoms. The molecule has 1 aromatic heterocycles. The summed E-state index contributed by atoms with van der Waals surface area (Å²) in [5.74, 6) is 0. The normalized spacial score (nSPS) is 10.9. The Hall–Kier alpha value is -1.07. The van der Waals surface area contributed by atoms with Crippen LogP contribution >= 0.6 is 0 Å². The van der Waals surface area contributed by atoms with Crippen molar-refractivity contribution in [3.05, 3.63) is 12.0 Å². The van der Waals surface area contributed by atoms with Crippen LogP contribution in [0, 0.1) is 0 Å². The number of nitrogens with one attached hydrogen (secondary N) is 1. The SMILES string of the molecule is CNCc1coc(OCCCN(C)C)n1. The summed E-state index contributed by atoms with van der Waals surface area (Å²) in [6.07, 6.45) is 2.94. The number of hydrogen-bond donors (Lipinski definition) is 1. The van der Waals surface area contributed by atoms with Crippen molar-refractivity contribution >= 4 is 0 Å². The summed E-state index contributed by atoms with van der Waals surface area (Å²) in [4.78, 5) is 6.27. The lowest BCUT2D eigenvalue weighted by Gasteiger charge is -2.08. The van der Waals surface area contributed by atoms with Crippen LogP contribution in [-0.2, 0) is 6.54 Å². The van der Waals surface area contributed by atoms with Crippen molar-refractivity contribution in [1.82, 2.24) is 15.2 Å². The molecule has 1 N–H and O–H groups in total. The molecule has 0 aliphatic heterocycles. The molecular formula is C10H19N3O2. The molecule has 1 rings (SSSR count). The number of hydrogen-bond acceptors (Lipinski definition) is 5. The molecule has 1 aromatic rings. The van der Waals surface area contributed by atoms with Crippen molar-refractivity contribution in [1.29, 1.82) is 0 Å². The van der Waals surface area contributed by atoms with Gasteiger partial charge in [-0.1, -0.05) is 0 Å². The van der Waals surface area contributed by atoms with Crippen molar-refractivity contribution in [3.8, 4) is 6.08 Å². The van der Waals surface area contributed by atoms with Gasteiger partial charge in [0.25, 0.3) is 0 Å². The van der Waals surface area contributed by atoms with Gasteiger partial charge in [0, 0.05) is 13.1 Å². The Kier molecular flexibility index (Phi) is 5.14. The molecule has 86 valence electrons. The summed E-state index contributed by atoms with van der Waals surface area (Å²) in [5, 5.41) is 2.99. The molecule has 0 saturated carbocycles. The summed E-state index contributed by atoms with van der Waals surface area (Å²) in [7, 11) is 5.94. The molecule has 0 unspecified atom stereocenters. The van der Waals surface area contributed by atoms with E-state index in [0.717, 1.165) is 18.7 Å². The minimum atomic E-state index is 0.360. The van der Waals surface area contributed by atoms with Gasteiger partial charge in [-0.2, -0.15) is 4.98 Å². The zero-order valence-corrected chi connectivity index (χ0v) is 9.62. The molecule has 0 aliphatic carbocycles. The maximum absolute atomic E-state index is 5.35. The quantitative estimate of drug-likeness (QED) is 0.676. The lowest BCUT2D eigenvalue weighted by atomic mass is 10.4. The van der Waals surface area contributed by atoms with E-state index in [1.807, 2.05) is 21.1 Å². The predicted molar refractivity (Wildman–Crippen MR) is 57.9 cm³/mol. The summed E-state index contributed by atoms with van der Waals surface area (Å²) in [5.41, 5.74) is 0.861. The van der Waals surface area contributed by atoms with Gasteiger partial charge in [0.15, 0.2) is 0 Å². The van der Waals surface area contributed by atoms with E-state index in [1.165, 1.54) is 0 Å². The fourth-order valence-electron chi connectivity index (χ4n) is 1.16. The van der Waals surface area contributed by atoms with Gasteiger partial charge in [0.05, 0.1) is 12.3 Å². The second-order valence-corrected chi connectivity index (χ2v) is 3.64. The van der Waals surface area contributed by atoms with Crippen LogP contribution in [-0.4, -0.2) is 44.2 Å². The second-order valence-electron chi connectivity index (χ2n) is 3.64. The monoisotopic (exact) mass is 213 g/mol. The van der Waals surface area contributed by atoms with E-state index in [1.54, 1.807) is 6.26 Å². The van der Waals surface area contributed by atoms with E-state index >= 15 is 0 Å². The Morgan fingerprint density at radius 2 is 2.33 bits per heavy atom. The maximum Gasteiger partial charge on any atom is 0.393 e. The van der Waals surface area contributed by atoms with Gasteiger partial charge in [-0.15, -0.1) is 0 Å². The zero-order chi connectivity index (χ0) is 11.1. The molecule has 0 fully saturated rings. The maximum atomic E-state index is 5.35. The summed E-state index contributed by atoms with van der Waals surface area (Å²) < 4.78 is 10.5. The molecule has 15 heavy (non-hydrogen) atoms. The van der Waals surface area contributed by atoms with Crippen LogP contribution < -0.4 is 10.1 Å². The Labute approximate surface area is 90.4 Å². The van der Waals surface area contributed by atoms with Crippen LogP contribution in [0.1, 0.15) is 12.1 Å². The first-order valence-corrected chi connectivity index (χ1v) is 5.09. The van der Waals surface area contributed by atoms with Crippen molar-refractivity contribution in [2.45, 2.75) is 13.0 Å². The second kappa shape index (κ2) is 6.42. The molecule has 0 aliphatic rings. The first-order valence-electron chi connectivity index (χ1n) is 5.09. The highest BCUT2D eigenvalue weighted by atomic mass is 16.6. The molecule has 5 heteroatoms. The largest absolute Gasteiger partial charge is 0.450 e. The predicted octanol–water partition coefficient (Wildman–Crippen LogP) is 0.724. The minimum absolute atomic E-state index is 0.360. The van der Waals surface area contributed by atoms with Crippen LogP contribution in [0.25, 0.3) is 0 Å². The smallest absolute Gasteiger partial charge is 0.393 e. The summed E-state index contributed by atoms with van der Waals surface area (Å²) in [6, 6.07) is 0. The van der Waals surface area contributed by atoms with Gasteiger partial charge in [0.2, 0.25) is 0 Å². The number of rotatable bonds is 7. The van der Waals surface area contributed by atoms with E-state index < -0.39 is 0 Å². The van der Waals surface area contributed by atoms with Crippen molar-refractivity contribution in [3.63, 3.8) is 0 Å². The summed E-state index contributed by atoms with van der Waals surface area (Å²) in [6.45, 7) is 2.34. The molecule has 0 atom stereocenters. The lowest BCUT2D eigenvalue weighted by Crippen LogP contribution is -2.15. The molecule has 0 spiro atoms. The molecule has 0 amide bonds. The third-order valence-electron chi connectivity index (χ3n) is 1.86. The highest BCUT2D eigenvalue weighted by molar-refractivity contribution is 4.99. The third kappa shape index (κ3) is 4.80. The summed E-state index contributed by atoms with van der Waals surface area (Å²) >= 11 is 0. The third-order valence-corrected chi connectivity index (χ3v) is 1.86. The van der Waals surface area contributed by atoms with Crippen LogP contribution in [0.4, 0.5) is 0 Å². The molecule has 0 radical (unpaired) electrons. The molecule has 0 aromatic carbocycles. The van der Waals surface area contributed by atoms with E-state index in [9.17, 15) is 0 Å².